The molecule has 0 saturated carbocycles. The van der Waals surface area contributed by atoms with Gasteiger partial charge in [-0.15, -0.1) is 0 Å². The quantitative estimate of drug-likeness (QED) is 0.817. The predicted octanol–water partition coefficient (Wildman–Crippen LogP) is 4.02. The molecule has 0 heterocycles. The molecule has 0 amide bonds. The maximum absolute atomic E-state index is 6.06. The van der Waals surface area contributed by atoms with E-state index in [0.717, 1.165) is 16.9 Å². The molecule has 0 N–H and O–H groups in total. The topological polar surface area (TPSA) is 18.5 Å². The normalized spacial score (nSPS) is 10.1. The molecule has 0 aromatic heterocycles. The van der Waals surface area contributed by atoms with E-state index in [-0.39, 0.29) is 0 Å². The number of hydrogen-bond acceptors (Lipinski definition) is 2. The van der Waals surface area contributed by atoms with Crippen molar-refractivity contribution < 1.29 is 9.47 Å². The van der Waals surface area contributed by atoms with E-state index in [1.165, 1.54) is 0 Å². The highest BCUT2D eigenvalue weighted by Crippen LogP contribution is 2.38. The van der Waals surface area contributed by atoms with E-state index in [0.29, 0.717) is 10.8 Å². The fourth-order valence-corrected chi connectivity index (χ4v) is 1.93. The summed E-state index contributed by atoms with van der Waals surface area (Å²) in [5.74, 6) is 1.38. The Morgan fingerprint density at radius 2 is 1.53 bits per heavy atom. The Bertz CT molecular complexity index is 509. The van der Waals surface area contributed by atoms with Crippen molar-refractivity contribution in [3.05, 3.63) is 47.5 Å². The molecule has 0 aliphatic heterocycles. The molecule has 0 radical (unpaired) electrons. The summed E-state index contributed by atoms with van der Waals surface area (Å²) in [6.45, 7) is 0. The van der Waals surface area contributed by atoms with Crippen LogP contribution in [0.4, 0.5) is 0 Å². The van der Waals surface area contributed by atoms with Gasteiger partial charge in [0, 0.05) is 11.6 Å². The molecule has 0 spiro atoms. The van der Waals surface area contributed by atoms with Crippen LogP contribution < -0.4 is 9.47 Å². The Morgan fingerprint density at radius 1 is 0.882 bits per heavy atom. The number of rotatable bonds is 3. The summed E-state index contributed by atoms with van der Waals surface area (Å²) in [7, 11) is 3.23. The van der Waals surface area contributed by atoms with Crippen LogP contribution in [0.15, 0.2) is 42.5 Å². The Hall–Kier alpha value is -1.67. The van der Waals surface area contributed by atoms with Gasteiger partial charge in [-0.1, -0.05) is 41.9 Å². The molecule has 0 unspecified atom stereocenters. The molecule has 2 nitrogen and oxygen atoms in total. The van der Waals surface area contributed by atoms with Crippen LogP contribution in [0.3, 0.4) is 0 Å². The summed E-state index contributed by atoms with van der Waals surface area (Å²) >= 11 is 6.06. The van der Waals surface area contributed by atoms with Crippen molar-refractivity contribution in [1.29, 1.82) is 0 Å². The van der Waals surface area contributed by atoms with Gasteiger partial charge in [0.25, 0.3) is 0 Å². The molecule has 17 heavy (non-hydrogen) atoms. The summed E-state index contributed by atoms with van der Waals surface area (Å²) < 4.78 is 10.6. The molecule has 0 atom stereocenters. The summed E-state index contributed by atoms with van der Waals surface area (Å²) in [6, 6.07) is 13.6. The minimum Gasteiger partial charge on any atom is -0.496 e. The second kappa shape index (κ2) is 5.11. The van der Waals surface area contributed by atoms with Crippen molar-refractivity contribution in [2.75, 3.05) is 14.2 Å². The standard InChI is InChI=1S/C14H13ClO2/c1-16-13-9-12(15)14(17-2)8-11(13)10-6-4-3-5-7-10/h3-9H,1-2H3. The van der Waals surface area contributed by atoms with Crippen LogP contribution in [-0.2, 0) is 0 Å². The highest BCUT2D eigenvalue weighted by Gasteiger charge is 2.11. The first-order valence-electron chi connectivity index (χ1n) is 5.23. The molecule has 2 aromatic carbocycles. The first-order valence-corrected chi connectivity index (χ1v) is 5.61. The Balaban J connectivity index is 2.59. The summed E-state index contributed by atoms with van der Waals surface area (Å²) in [5, 5.41) is 0.545. The van der Waals surface area contributed by atoms with Crippen molar-refractivity contribution >= 4 is 11.6 Å². The minimum atomic E-state index is 0.545. The molecule has 0 bridgehead atoms. The Morgan fingerprint density at radius 3 is 2.12 bits per heavy atom. The van der Waals surface area contributed by atoms with E-state index in [2.05, 4.69) is 0 Å². The van der Waals surface area contributed by atoms with Gasteiger partial charge in [-0.3, -0.25) is 0 Å². The third kappa shape index (κ3) is 2.37. The second-order valence-corrected chi connectivity index (χ2v) is 3.96. The van der Waals surface area contributed by atoms with Crippen LogP contribution in [0.2, 0.25) is 5.02 Å². The van der Waals surface area contributed by atoms with Gasteiger partial charge in [0.1, 0.15) is 11.5 Å². The third-order valence-corrected chi connectivity index (χ3v) is 2.85. The fraction of sp³-hybridized carbons (Fsp3) is 0.143. The van der Waals surface area contributed by atoms with E-state index in [1.807, 2.05) is 36.4 Å². The third-order valence-electron chi connectivity index (χ3n) is 2.56. The molecule has 0 aliphatic rings. The average Bonchev–Trinajstić information content (AvgIpc) is 2.39. The van der Waals surface area contributed by atoms with Gasteiger partial charge >= 0.3 is 0 Å². The van der Waals surface area contributed by atoms with Crippen molar-refractivity contribution in [2.24, 2.45) is 0 Å². The molecule has 88 valence electrons. The van der Waals surface area contributed by atoms with Gasteiger partial charge in [0.15, 0.2) is 0 Å². The molecule has 2 rings (SSSR count). The van der Waals surface area contributed by atoms with Gasteiger partial charge in [0.05, 0.1) is 19.2 Å². The maximum atomic E-state index is 6.06. The first kappa shape index (κ1) is 11.8. The molecule has 0 fully saturated rings. The van der Waals surface area contributed by atoms with Crippen molar-refractivity contribution in [2.45, 2.75) is 0 Å². The van der Waals surface area contributed by atoms with E-state index in [1.54, 1.807) is 20.3 Å². The van der Waals surface area contributed by atoms with Crippen LogP contribution >= 0.6 is 11.6 Å². The number of hydrogen-bond donors (Lipinski definition) is 0. The van der Waals surface area contributed by atoms with Crippen molar-refractivity contribution in [3.63, 3.8) is 0 Å². The van der Waals surface area contributed by atoms with Crippen molar-refractivity contribution in [3.8, 4) is 22.6 Å². The van der Waals surface area contributed by atoms with E-state index in [4.69, 9.17) is 21.1 Å². The zero-order chi connectivity index (χ0) is 12.3. The van der Waals surface area contributed by atoms with Crippen molar-refractivity contribution in [1.82, 2.24) is 0 Å². The monoisotopic (exact) mass is 248 g/mol. The fourth-order valence-electron chi connectivity index (χ4n) is 1.70. The number of methoxy groups -OCH3 is 2. The highest BCUT2D eigenvalue weighted by atomic mass is 35.5. The van der Waals surface area contributed by atoms with Crippen LogP contribution in [-0.4, -0.2) is 14.2 Å². The molecule has 0 aliphatic carbocycles. The largest absolute Gasteiger partial charge is 0.496 e. The summed E-state index contributed by atoms with van der Waals surface area (Å²) in [6.07, 6.45) is 0. The molecular weight excluding hydrogens is 236 g/mol. The lowest BCUT2D eigenvalue weighted by atomic mass is 10.0. The second-order valence-electron chi connectivity index (χ2n) is 3.55. The van der Waals surface area contributed by atoms with Crippen LogP contribution in [0, 0.1) is 0 Å². The summed E-state index contributed by atoms with van der Waals surface area (Å²) in [5.41, 5.74) is 2.04. The number of halogens is 1. The maximum Gasteiger partial charge on any atom is 0.138 e. The Kier molecular flexibility index (Phi) is 3.55. The number of ether oxygens (including phenoxy) is 2. The van der Waals surface area contributed by atoms with Crippen LogP contribution in [0.25, 0.3) is 11.1 Å². The SMILES string of the molecule is COc1cc(-c2ccccc2)c(OC)cc1Cl. The lowest BCUT2D eigenvalue weighted by Crippen LogP contribution is -1.91. The molecule has 2 aromatic rings. The molecule has 0 saturated heterocycles. The van der Waals surface area contributed by atoms with Gasteiger partial charge in [-0.05, 0) is 11.6 Å². The highest BCUT2D eigenvalue weighted by molar-refractivity contribution is 6.32. The van der Waals surface area contributed by atoms with Crippen LogP contribution in [0.1, 0.15) is 0 Å². The predicted molar refractivity (Wildman–Crippen MR) is 70.0 cm³/mol. The van der Waals surface area contributed by atoms with E-state index < -0.39 is 0 Å². The smallest absolute Gasteiger partial charge is 0.138 e. The van der Waals surface area contributed by atoms with Gasteiger partial charge in [-0.2, -0.15) is 0 Å². The van der Waals surface area contributed by atoms with E-state index in [9.17, 15) is 0 Å². The van der Waals surface area contributed by atoms with E-state index >= 15 is 0 Å². The Labute approximate surface area is 106 Å². The zero-order valence-corrected chi connectivity index (χ0v) is 10.5. The lowest BCUT2D eigenvalue weighted by molar-refractivity contribution is 0.404. The van der Waals surface area contributed by atoms with Gasteiger partial charge < -0.3 is 9.47 Å². The van der Waals surface area contributed by atoms with Gasteiger partial charge in [0.2, 0.25) is 0 Å². The molecule has 3 heteroatoms. The number of benzene rings is 2. The molecular formula is C14H13ClO2. The zero-order valence-electron chi connectivity index (χ0n) is 9.74. The lowest BCUT2D eigenvalue weighted by Gasteiger charge is -2.12. The van der Waals surface area contributed by atoms with Gasteiger partial charge in [-0.25, -0.2) is 0 Å². The minimum absolute atomic E-state index is 0.545. The average molecular weight is 249 g/mol. The van der Waals surface area contributed by atoms with Crippen LogP contribution in [0.5, 0.6) is 11.5 Å². The summed E-state index contributed by atoms with van der Waals surface area (Å²) in [4.78, 5) is 0. The first-order chi connectivity index (χ1) is 8.26.